The molecule has 0 rings (SSSR count). The van der Waals surface area contributed by atoms with Gasteiger partial charge >= 0.3 is 25.5 Å². The second kappa shape index (κ2) is 4.82. The zero-order valence-electron chi connectivity index (χ0n) is 8.60. The molecule has 0 aliphatic rings. The fourth-order valence-electron chi connectivity index (χ4n) is 1.46. The molecule has 0 aromatic rings. The summed E-state index contributed by atoms with van der Waals surface area (Å²) in [4.78, 5) is 50.2. The van der Waals surface area contributed by atoms with Crippen LogP contribution < -0.4 is 0 Å². The topological polar surface area (TPSA) is 169 Å². The van der Waals surface area contributed by atoms with Crippen LogP contribution in [-0.2, 0) is 18.9 Å². The van der Waals surface area contributed by atoms with Crippen molar-refractivity contribution in [2.24, 2.45) is 5.41 Å². The Labute approximate surface area is 94.8 Å². The second-order valence-corrected chi connectivity index (χ2v) is 4.96. The van der Waals surface area contributed by atoms with Crippen LogP contribution in [0.15, 0.2) is 0 Å². The normalized spacial score (nSPS) is 14.1. The van der Waals surface area contributed by atoms with E-state index in [4.69, 9.17) is 25.1 Å². The summed E-state index contributed by atoms with van der Waals surface area (Å²) < 4.78 is 11.0. The number of carbonyl (C=O) groups is 3. The maximum absolute atomic E-state index is 11.0. The van der Waals surface area contributed by atoms with Gasteiger partial charge in [0.05, 0.1) is 0 Å². The molecule has 0 saturated carbocycles. The van der Waals surface area contributed by atoms with Gasteiger partial charge in [0.25, 0.3) is 0 Å². The molecule has 5 N–H and O–H groups in total. The van der Waals surface area contributed by atoms with E-state index in [9.17, 15) is 18.9 Å². The molecular formula is C7H11O9P. The Morgan fingerprint density at radius 1 is 1.12 bits per heavy atom. The van der Waals surface area contributed by atoms with E-state index in [1.165, 1.54) is 0 Å². The lowest BCUT2D eigenvalue weighted by molar-refractivity contribution is -0.169. The van der Waals surface area contributed by atoms with Crippen molar-refractivity contribution >= 4 is 25.5 Å². The Hall–Kier alpha value is -1.44. The molecule has 0 saturated heterocycles. The number of hydrogen-bond acceptors (Lipinski definition) is 4. The summed E-state index contributed by atoms with van der Waals surface area (Å²) in [5, 5.41) is 26.2. The van der Waals surface area contributed by atoms with Gasteiger partial charge in [-0.3, -0.25) is 18.9 Å². The Balaban J connectivity index is 6.06. The van der Waals surface area contributed by atoms with Crippen molar-refractivity contribution in [3.8, 4) is 0 Å². The van der Waals surface area contributed by atoms with E-state index >= 15 is 0 Å². The molecule has 0 aromatic carbocycles. The highest BCUT2D eigenvalue weighted by atomic mass is 31.2. The maximum Gasteiger partial charge on any atom is 0.341 e. The van der Waals surface area contributed by atoms with Gasteiger partial charge in [0.2, 0.25) is 0 Å². The monoisotopic (exact) mass is 270 g/mol. The van der Waals surface area contributed by atoms with Gasteiger partial charge in [0.15, 0.2) is 11.1 Å². The third kappa shape index (κ3) is 2.63. The highest BCUT2D eigenvalue weighted by Gasteiger charge is 2.62. The predicted molar refractivity (Wildman–Crippen MR) is 51.5 cm³/mol. The lowest BCUT2D eigenvalue weighted by atomic mass is 9.81. The van der Waals surface area contributed by atoms with Crippen LogP contribution in [-0.4, -0.2) is 48.7 Å². The number of hydrogen-bond donors (Lipinski definition) is 5. The van der Waals surface area contributed by atoms with Gasteiger partial charge in [-0.2, -0.15) is 0 Å². The van der Waals surface area contributed by atoms with E-state index < -0.39 is 43.0 Å². The largest absolute Gasteiger partial charge is 0.481 e. The summed E-state index contributed by atoms with van der Waals surface area (Å²) >= 11 is 0. The molecule has 0 aliphatic heterocycles. The van der Waals surface area contributed by atoms with Gasteiger partial charge in [0.1, 0.15) is 0 Å². The fourth-order valence-corrected chi connectivity index (χ4v) is 2.73. The smallest absolute Gasteiger partial charge is 0.341 e. The van der Waals surface area contributed by atoms with Gasteiger partial charge in [-0.05, 0) is 6.42 Å². The molecule has 10 heteroatoms. The first-order valence-corrected chi connectivity index (χ1v) is 5.94. The molecule has 9 nitrogen and oxygen atoms in total. The van der Waals surface area contributed by atoms with Crippen LogP contribution >= 0.6 is 7.60 Å². The molecule has 17 heavy (non-hydrogen) atoms. The summed E-state index contributed by atoms with van der Waals surface area (Å²) in [6.45, 7) is 1.02. The molecule has 0 heterocycles. The van der Waals surface area contributed by atoms with E-state index in [2.05, 4.69) is 0 Å². The van der Waals surface area contributed by atoms with Crippen molar-refractivity contribution in [3.63, 3.8) is 0 Å². The van der Waals surface area contributed by atoms with Crippen LogP contribution in [0.4, 0.5) is 0 Å². The minimum absolute atomic E-state index is 0.778. The number of rotatable bonds is 6. The molecule has 0 bridgehead atoms. The number of aliphatic carboxylic acids is 3. The minimum Gasteiger partial charge on any atom is -0.481 e. The van der Waals surface area contributed by atoms with Crippen LogP contribution in [0.3, 0.4) is 0 Å². The van der Waals surface area contributed by atoms with Crippen molar-refractivity contribution in [1.29, 1.82) is 0 Å². The summed E-state index contributed by atoms with van der Waals surface area (Å²) in [6.07, 6.45) is -0.778. The maximum atomic E-state index is 11.0. The molecular weight excluding hydrogens is 259 g/mol. The Bertz CT molecular complexity index is 380. The highest BCUT2D eigenvalue weighted by Crippen LogP contribution is 2.51. The van der Waals surface area contributed by atoms with Crippen molar-refractivity contribution in [2.75, 3.05) is 0 Å². The highest BCUT2D eigenvalue weighted by molar-refractivity contribution is 7.53. The second-order valence-electron chi connectivity index (χ2n) is 3.27. The van der Waals surface area contributed by atoms with Crippen LogP contribution in [0.1, 0.15) is 13.3 Å². The quantitative estimate of drug-likeness (QED) is 0.305. The number of carboxylic acid groups (broad SMARTS) is 3. The zero-order chi connectivity index (χ0) is 14.0. The minimum atomic E-state index is -5.44. The third-order valence-corrected chi connectivity index (χ3v) is 3.69. The first kappa shape index (κ1) is 15.6. The van der Waals surface area contributed by atoms with Gasteiger partial charge in [-0.1, -0.05) is 6.92 Å². The first-order chi connectivity index (χ1) is 7.51. The first-order valence-electron chi connectivity index (χ1n) is 4.26. The Morgan fingerprint density at radius 2 is 1.47 bits per heavy atom. The van der Waals surface area contributed by atoms with Crippen molar-refractivity contribution < 1.29 is 44.1 Å². The van der Waals surface area contributed by atoms with E-state index in [-0.39, 0.29) is 0 Å². The lowest BCUT2D eigenvalue weighted by Crippen LogP contribution is -2.51. The molecule has 1 atom stereocenters. The molecule has 0 amide bonds. The third-order valence-electron chi connectivity index (χ3n) is 2.36. The standard InChI is InChI=1S/C7H11O9P/c1-2-7(5(10)11,6(12)13)3(4(8)9)17(14,15)16/h3H,2H2,1H3,(H,8,9)(H,10,11)(H,12,13)(H2,14,15,16). The fraction of sp³-hybridized carbons (Fsp3) is 0.571. The van der Waals surface area contributed by atoms with E-state index in [0.717, 1.165) is 6.92 Å². The molecule has 0 aromatic heterocycles. The van der Waals surface area contributed by atoms with Crippen LogP contribution in [0.5, 0.6) is 0 Å². The van der Waals surface area contributed by atoms with E-state index in [1.54, 1.807) is 0 Å². The molecule has 0 spiro atoms. The van der Waals surface area contributed by atoms with Gasteiger partial charge in [0, 0.05) is 0 Å². The van der Waals surface area contributed by atoms with E-state index in [1.807, 2.05) is 0 Å². The predicted octanol–water partition coefficient (Wildman–Crippen LogP) is -0.817. The van der Waals surface area contributed by atoms with Crippen LogP contribution in [0.25, 0.3) is 0 Å². The summed E-state index contributed by atoms with van der Waals surface area (Å²) in [5.41, 5.74) is -5.90. The Kier molecular flexibility index (Phi) is 4.41. The molecule has 98 valence electrons. The molecule has 0 aliphatic carbocycles. The van der Waals surface area contributed by atoms with E-state index in [0.29, 0.717) is 0 Å². The Morgan fingerprint density at radius 3 is 1.53 bits per heavy atom. The molecule has 0 radical (unpaired) electrons. The average Bonchev–Trinajstić information content (AvgIpc) is 2.09. The lowest BCUT2D eigenvalue weighted by Gasteiger charge is -2.29. The summed E-state index contributed by atoms with van der Waals surface area (Å²) in [5.74, 6) is -6.39. The van der Waals surface area contributed by atoms with Gasteiger partial charge < -0.3 is 25.1 Å². The van der Waals surface area contributed by atoms with Gasteiger partial charge in [-0.25, -0.2) is 0 Å². The van der Waals surface area contributed by atoms with Crippen molar-refractivity contribution in [3.05, 3.63) is 0 Å². The molecule has 1 unspecified atom stereocenters. The van der Waals surface area contributed by atoms with Crippen molar-refractivity contribution in [2.45, 2.75) is 19.0 Å². The van der Waals surface area contributed by atoms with Crippen LogP contribution in [0, 0.1) is 5.41 Å². The summed E-state index contributed by atoms with van der Waals surface area (Å²) in [6, 6.07) is 0. The molecule has 0 fully saturated rings. The average molecular weight is 270 g/mol. The van der Waals surface area contributed by atoms with Crippen molar-refractivity contribution in [1.82, 2.24) is 0 Å². The zero-order valence-corrected chi connectivity index (χ0v) is 9.50. The summed E-state index contributed by atoms with van der Waals surface area (Å²) in [7, 11) is -5.44. The van der Waals surface area contributed by atoms with Gasteiger partial charge in [-0.15, -0.1) is 0 Å². The SMILES string of the molecule is CCC(C(=O)O)(C(=O)O)C(C(=O)O)P(=O)(O)O. The van der Waals surface area contributed by atoms with Crippen LogP contribution in [0.2, 0.25) is 0 Å². The number of carboxylic acids is 3.